The Bertz CT molecular complexity index is 719. The van der Waals surface area contributed by atoms with E-state index in [9.17, 15) is 5.11 Å². The van der Waals surface area contributed by atoms with Crippen LogP contribution in [0.3, 0.4) is 0 Å². The van der Waals surface area contributed by atoms with Crippen molar-refractivity contribution in [2.24, 2.45) is 17.8 Å². The van der Waals surface area contributed by atoms with Crippen LogP contribution in [0.25, 0.3) is 10.8 Å². The van der Waals surface area contributed by atoms with Crippen LogP contribution in [-0.2, 0) is 5.41 Å². The fourth-order valence-electron chi connectivity index (χ4n) is 6.31. The maximum absolute atomic E-state index is 10.2. The van der Waals surface area contributed by atoms with Crippen LogP contribution in [-0.4, -0.2) is 5.11 Å². The number of phenols is 1. The lowest BCUT2D eigenvalue weighted by molar-refractivity contribution is 0.206. The second kappa shape index (κ2) is 4.03. The second-order valence-corrected chi connectivity index (χ2v) is 7.49. The molecule has 4 atom stereocenters. The molecular weight excluding hydrogens is 256 g/mol. The molecule has 3 aliphatic rings. The molecule has 0 heterocycles. The summed E-state index contributed by atoms with van der Waals surface area (Å²) < 4.78 is 0. The Morgan fingerprint density at radius 2 is 1.81 bits per heavy atom. The zero-order valence-corrected chi connectivity index (χ0v) is 12.4. The highest BCUT2D eigenvalue weighted by molar-refractivity contribution is 5.91. The first-order chi connectivity index (χ1) is 10.3. The van der Waals surface area contributed by atoms with Gasteiger partial charge in [0.15, 0.2) is 0 Å². The number of phenolic OH excluding ortho intramolecular Hbond substituents is 1. The van der Waals surface area contributed by atoms with E-state index >= 15 is 0 Å². The molecule has 1 heteroatoms. The van der Waals surface area contributed by atoms with Gasteiger partial charge >= 0.3 is 0 Å². The molecule has 1 nitrogen and oxygen atoms in total. The number of rotatable bonds is 1. The van der Waals surface area contributed by atoms with Gasteiger partial charge in [0.25, 0.3) is 0 Å². The molecule has 2 aromatic carbocycles. The number of hydrogen-bond donors (Lipinski definition) is 1. The summed E-state index contributed by atoms with van der Waals surface area (Å²) in [7, 11) is 0. The molecule has 3 aliphatic carbocycles. The highest BCUT2D eigenvalue weighted by Crippen LogP contribution is 2.67. The number of hydrogen-bond acceptors (Lipinski definition) is 1. The van der Waals surface area contributed by atoms with Gasteiger partial charge in [0.05, 0.1) is 0 Å². The molecule has 4 unspecified atom stereocenters. The molecule has 5 rings (SSSR count). The molecule has 0 spiro atoms. The van der Waals surface area contributed by atoms with Gasteiger partial charge in [0.1, 0.15) is 5.75 Å². The fraction of sp³-hybridized carbons (Fsp3) is 0.500. The van der Waals surface area contributed by atoms with Gasteiger partial charge in [-0.1, -0.05) is 36.8 Å². The predicted octanol–water partition coefficient (Wildman–Crippen LogP) is 5.01. The van der Waals surface area contributed by atoms with Gasteiger partial charge in [-0.15, -0.1) is 0 Å². The first-order valence-corrected chi connectivity index (χ1v) is 8.52. The Labute approximate surface area is 126 Å². The minimum atomic E-state index is 0.427. The van der Waals surface area contributed by atoms with Crippen molar-refractivity contribution in [1.82, 2.24) is 0 Å². The Morgan fingerprint density at radius 3 is 2.71 bits per heavy atom. The van der Waals surface area contributed by atoms with Crippen molar-refractivity contribution >= 4 is 10.8 Å². The molecule has 0 aromatic heterocycles. The van der Waals surface area contributed by atoms with E-state index in [1.165, 1.54) is 43.9 Å². The van der Waals surface area contributed by atoms with Crippen molar-refractivity contribution in [2.45, 2.75) is 43.9 Å². The van der Waals surface area contributed by atoms with E-state index in [-0.39, 0.29) is 0 Å². The molecule has 3 fully saturated rings. The van der Waals surface area contributed by atoms with Crippen molar-refractivity contribution in [3.8, 4) is 5.75 Å². The maximum Gasteiger partial charge on any atom is 0.123 e. The minimum Gasteiger partial charge on any atom is -0.507 e. The van der Waals surface area contributed by atoms with E-state index in [4.69, 9.17) is 0 Å². The van der Waals surface area contributed by atoms with Crippen LogP contribution in [0.15, 0.2) is 36.4 Å². The summed E-state index contributed by atoms with van der Waals surface area (Å²) in [6, 6.07) is 12.6. The van der Waals surface area contributed by atoms with Crippen LogP contribution >= 0.6 is 0 Å². The van der Waals surface area contributed by atoms with Crippen LogP contribution in [0.2, 0.25) is 0 Å². The Kier molecular flexibility index (Phi) is 2.32. The molecule has 2 bridgehead atoms. The molecule has 0 radical (unpaired) electrons. The van der Waals surface area contributed by atoms with Gasteiger partial charge in [-0.3, -0.25) is 0 Å². The average molecular weight is 278 g/mol. The quantitative estimate of drug-likeness (QED) is 0.777. The van der Waals surface area contributed by atoms with E-state index in [0.29, 0.717) is 11.2 Å². The summed E-state index contributed by atoms with van der Waals surface area (Å²) in [5.74, 6) is 3.21. The molecule has 1 N–H and O–H groups in total. The van der Waals surface area contributed by atoms with E-state index in [1.54, 1.807) is 5.56 Å². The van der Waals surface area contributed by atoms with Crippen molar-refractivity contribution in [1.29, 1.82) is 0 Å². The highest BCUT2D eigenvalue weighted by atomic mass is 16.3. The van der Waals surface area contributed by atoms with Crippen LogP contribution in [0, 0.1) is 17.8 Å². The number of benzene rings is 2. The molecule has 21 heavy (non-hydrogen) atoms. The summed E-state index contributed by atoms with van der Waals surface area (Å²) in [6.07, 6.45) is 8.54. The number of aromatic hydroxyl groups is 1. The molecular formula is C20H22O. The van der Waals surface area contributed by atoms with Gasteiger partial charge in [0, 0.05) is 10.8 Å². The smallest absolute Gasteiger partial charge is 0.123 e. The van der Waals surface area contributed by atoms with Crippen LogP contribution in [0.5, 0.6) is 5.75 Å². The van der Waals surface area contributed by atoms with Gasteiger partial charge in [0.2, 0.25) is 0 Å². The van der Waals surface area contributed by atoms with Crippen molar-refractivity contribution in [2.75, 3.05) is 0 Å². The molecule has 0 aliphatic heterocycles. The van der Waals surface area contributed by atoms with Gasteiger partial charge in [-0.05, 0) is 66.9 Å². The standard InChI is InChI=1S/C20H22O/c21-19-10-9-18(15-4-1-2-5-16(15)19)20-11-3-6-17(20)13-7-8-14(20)12-13/h1-2,4-5,9-10,13-14,17,21H,3,6-8,11-12H2. The fourth-order valence-corrected chi connectivity index (χ4v) is 6.31. The summed E-state index contributed by atoms with van der Waals surface area (Å²) in [5, 5.41) is 12.6. The Morgan fingerprint density at radius 1 is 0.952 bits per heavy atom. The Hall–Kier alpha value is -1.50. The zero-order valence-electron chi connectivity index (χ0n) is 12.4. The van der Waals surface area contributed by atoms with Gasteiger partial charge < -0.3 is 5.11 Å². The molecule has 0 amide bonds. The average Bonchev–Trinajstić information content (AvgIpc) is 3.20. The zero-order chi connectivity index (χ0) is 14.0. The first-order valence-electron chi connectivity index (χ1n) is 8.52. The van der Waals surface area contributed by atoms with Gasteiger partial charge in [-0.2, -0.15) is 0 Å². The normalized spacial score (nSPS) is 37.2. The molecule has 0 saturated heterocycles. The van der Waals surface area contributed by atoms with Crippen molar-refractivity contribution < 1.29 is 5.11 Å². The third-order valence-corrected chi connectivity index (χ3v) is 6.94. The lowest BCUT2D eigenvalue weighted by Gasteiger charge is -2.41. The van der Waals surface area contributed by atoms with Crippen LogP contribution < -0.4 is 0 Å². The van der Waals surface area contributed by atoms with Crippen molar-refractivity contribution in [3.05, 3.63) is 42.0 Å². The van der Waals surface area contributed by atoms with Crippen LogP contribution in [0.4, 0.5) is 0 Å². The number of fused-ring (bicyclic) bond motifs is 6. The summed E-state index contributed by atoms with van der Waals surface area (Å²) in [4.78, 5) is 0. The second-order valence-electron chi connectivity index (χ2n) is 7.49. The summed E-state index contributed by atoms with van der Waals surface area (Å²) in [6.45, 7) is 0. The molecule has 2 aromatic rings. The van der Waals surface area contributed by atoms with E-state index in [0.717, 1.165) is 23.1 Å². The van der Waals surface area contributed by atoms with Crippen LogP contribution in [0.1, 0.15) is 44.1 Å². The monoisotopic (exact) mass is 278 g/mol. The van der Waals surface area contributed by atoms with E-state index in [2.05, 4.69) is 24.3 Å². The molecule has 3 saturated carbocycles. The highest BCUT2D eigenvalue weighted by Gasteiger charge is 2.60. The third-order valence-electron chi connectivity index (χ3n) is 6.94. The Balaban J connectivity index is 1.79. The topological polar surface area (TPSA) is 20.2 Å². The van der Waals surface area contributed by atoms with E-state index in [1.807, 2.05) is 12.1 Å². The SMILES string of the molecule is Oc1ccc(C23CCCC2C2CCC3C2)c2ccccc12. The maximum atomic E-state index is 10.2. The van der Waals surface area contributed by atoms with Crippen molar-refractivity contribution in [3.63, 3.8) is 0 Å². The van der Waals surface area contributed by atoms with E-state index < -0.39 is 0 Å². The first kappa shape index (κ1) is 12.1. The van der Waals surface area contributed by atoms with Gasteiger partial charge in [-0.25, -0.2) is 0 Å². The molecule has 108 valence electrons. The lowest BCUT2D eigenvalue weighted by Crippen LogP contribution is -2.36. The predicted molar refractivity (Wildman–Crippen MR) is 85.5 cm³/mol. The summed E-state index contributed by atoms with van der Waals surface area (Å²) in [5.41, 5.74) is 1.97. The summed E-state index contributed by atoms with van der Waals surface area (Å²) >= 11 is 0. The largest absolute Gasteiger partial charge is 0.507 e. The lowest BCUT2D eigenvalue weighted by atomic mass is 9.63. The minimum absolute atomic E-state index is 0.427. The third kappa shape index (κ3) is 1.38.